The molecule has 1 fully saturated rings. The smallest absolute Gasteiger partial charge is 0.571 e. The van der Waals surface area contributed by atoms with Gasteiger partial charge in [-0.2, -0.15) is 4.31 Å². The fraction of sp³-hybridized carbons (Fsp3) is 0.227. The standard InChI is InChI=1S/C22H21Cl2N3O5S3.Na/c23-15-4-9-19(26-34(29,30)21-11-10-20(24)33-21)18(14-15)22(28)25-16-5-7-17(8-6-16)35(31,32)27-12-2-1-3-13-27;/h4-11,14H,1-3,12-13H2,(H2,25,26,28);/q;+1/p-1. The van der Waals surface area contributed by atoms with E-state index in [4.69, 9.17) is 23.2 Å². The van der Waals surface area contributed by atoms with E-state index < -0.39 is 26.0 Å². The predicted octanol–water partition coefficient (Wildman–Crippen LogP) is 2.88. The Morgan fingerprint density at radius 3 is 2.19 bits per heavy atom. The molecule has 1 amide bonds. The summed E-state index contributed by atoms with van der Waals surface area (Å²) in [7, 11) is -7.71. The third-order valence-corrected chi connectivity index (χ3v) is 10.4. The number of carbonyl (C=O) groups is 1. The second-order valence-electron chi connectivity index (χ2n) is 7.73. The van der Waals surface area contributed by atoms with Gasteiger partial charge in [0.1, 0.15) is 14.2 Å². The van der Waals surface area contributed by atoms with E-state index in [2.05, 4.69) is 10.0 Å². The fourth-order valence-electron chi connectivity index (χ4n) is 3.54. The van der Waals surface area contributed by atoms with Crippen LogP contribution in [0.2, 0.25) is 9.36 Å². The summed E-state index contributed by atoms with van der Waals surface area (Å²) in [5, 5.41) is 2.85. The molecular formula is C22H20Cl2N3NaO5S3. The maximum atomic E-state index is 13.0. The number of nitrogens with zero attached hydrogens (tertiary/aromatic N) is 2. The maximum absolute atomic E-state index is 13.0. The normalized spacial score (nSPS) is 14.6. The van der Waals surface area contributed by atoms with Crippen LogP contribution >= 0.6 is 34.5 Å². The average Bonchev–Trinajstić information content (AvgIpc) is 3.28. The van der Waals surface area contributed by atoms with Gasteiger partial charge in [-0.3, -0.25) is 4.79 Å². The predicted molar refractivity (Wildman–Crippen MR) is 138 cm³/mol. The number of thiophene rings is 1. The average molecular weight is 597 g/mol. The van der Waals surface area contributed by atoms with Crippen molar-refractivity contribution in [3.63, 3.8) is 0 Å². The van der Waals surface area contributed by atoms with Gasteiger partial charge in [-0.1, -0.05) is 35.7 Å². The molecule has 2 aromatic carbocycles. The molecule has 1 saturated heterocycles. The van der Waals surface area contributed by atoms with Crippen LogP contribution in [0.15, 0.2) is 63.7 Å². The van der Waals surface area contributed by atoms with Crippen molar-refractivity contribution in [2.75, 3.05) is 18.4 Å². The molecule has 0 radical (unpaired) electrons. The van der Waals surface area contributed by atoms with Crippen molar-refractivity contribution in [3.8, 4) is 0 Å². The Morgan fingerprint density at radius 1 is 0.917 bits per heavy atom. The maximum Gasteiger partial charge on any atom is 1.00 e. The molecular weight excluding hydrogens is 576 g/mol. The van der Waals surface area contributed by atoms with E-state index >= 15 is 0 Å². The van der Waals surface area contributed by atoms with Gasteiger partial charge in [0, 0.05) is 29.4 Å². The van der Waals surface area contributed by atoms with Crippen LogP contribution in [0.3, 0.4) is 0 Å². The minimum absolute atomic E-state index is 0. The molecule has 1 aromatic heterocycles. The molecule has 2 heterocycles. The van der Waals surface area contributed by atoms with Gasteiger partial charge in [0.2, 0.25) is 10.0 Å². The van der Waals surface area contributed by atoms with Crippen molar-refractivity contribution in [1.29, 1.82) is 0 Å². The van der Waals surface area contributed by atoms with Crippen molar-refractivity contribution in [3.05, 3.63) is 74.2 Å². The summed E-state index contributed by atoms with van der Waals surface area (Å²) in [6.07, 6.45) is 2.67. The molecule has 0 saturated carbocycles. The van der Waals surface area contributed by atoms with Crippen molar-refractivity contribution in [2.24, 2.45) is 0 Å². The molecule has 186 valence electrons. The summed E-state index contributed by atoms with van der Waals surface area (Å²) in [6, 6.07) is 12.6. The molecule has 14 heteroatoms. The molecule has 0 atom stereocenters. The van der Waals surface area contributed by atoms with Crippen molar-refractivity contribution in [1.82, 2.24) is 4.31 Å². The van der Waals surface area contributed by atoms with E-state index in [0.717, 1.165) is 30.6 Å². The number of rotatable bonds is 7. The molecule has 4 rings (SSSR count). The van der Waals surface area contributed by atoms with Gasteiger partial charge in [-0.05, 0) is 61.4 Å². The van der Waals surface area contributed by atoms with Crippen molar-refractivity contribution < 1.29 is 51.2 Å². The van der Waals surface area contributed by atoms with Crippen LogP contribution in [0.4, 0.5) is 11.4 Å². The Morgan fingerprint density at radius 2 is 1.58 bits per heavy atom. The largest absolute Gasteiger partial charge is 1.00 e. The second-order valence-corrected chi connectivity index (χ2v) is 13.7. The van der Waals surface area contributed by atoms with E-state index in [9.17, 15) is 21.6 Å². The number of anilines is 1. The first-order valence-electron chi connectivity index (χ1n) is 10.5. The molecule has 0 bridgehead atoms. The molecule has 1 aliphatic rings. The molecule has 0 aliphatic carbocycles. The van der Waals surface area contributed by atoms with E-state index in [1.165, 1.54) is 58.9 Å². The van der Waals surface area contributed by atoms with E-state index in [-0.39, 0.29) is 54.9 Å². The number of nitrogens with one attached hydrogen (secondary N) is 1. The summed E-state index contributed by atoms with van der Waals surface area (Å²) < 4.78 is 56.4. The Bertz CT molecular complexity index is 1460. The van der Waals surface area contributed by atoms with Gasteiger partial charge >= 0.3 is 29.6 Å². The van der Waals surface area contributed by atoms with Gasteiger partial charge in [-0.25, -0.2) is 16.8 Å². The number of halogens is 2. The second kappa shape index (κ2) is 12.1. The monoisotopic (exact) mass is 595 g/mol. The van der Waals surface area contributed by atoms with E-state index in [1.807, 2.05) is 0 Å². The number of hydrogen-bond donors (Lipinski definition) is 1. The Hall–Kier alpha value is -1.15. The first-order valence-corrected chi connectivity index (χ1v) is 15.0. The van der Waals surface area contributed by atoms with Crippen LogP contribution in [0, 0.1) is 0 Å². The summed E-state index contributed by atoms with van der Waals surface area (Å²) in [4.78, 5) is 13.1. The van der Waals surface area contributed by atoms with Gasteiger partial charge < -0.3 is 10.0 Å². The zero-order valence-corrected chi connectivity index (χ0v) is 25.1. The summed E-state index contributed by atoms with van der Waals surface area (Å²) in [5.41, 5.74) is 0.167. The molecule has 1 N–H and O–H groups in total. The van der Waals surface area contributed by atoms with E-state index in [0.29, 0.717) is 23.1 Å². The summed E-state index contributed by atoms with van der Waals surface area (Å²) >= 11 is 12.7. The molecule has 0 unspecified atom stereocenters. The molecule has 0 spiro atoms. The number of sulfonamides is 2. The Kier molecular flexibility index (Phi) is 9.92. The van der Waals surface area contributed by atoms with Gasteiger partial charge in [0.15, 0.2) is 0 Å². The Balaban J connectivity index is 0.00000361. The summed E-state index contributed by atoms with van der Waals surface area (Å²) in [5.74, 6) is -0.655. The van der Waals surface area contributed by atoms with Gasteiger partial charge in [0.25, 0.3) is 5.91 Å². The first-order chi connectivity index (χ1) is 16.6. The zero-order valence-electron chi connectivity index (χ0n) is 19.1. The zero-order chi connectivity index (χ0) is 25.2. The van der Waals surface area contributed by atoms with E-state index in [1.54, 1.807) is 0 Å². The number of hydrogen-bond acceptors (Lipinski definition) is 6. The number of carbonyl (C=O) groups excluding carboxylic acids is 1. The molecule has 36 heavy (non-hydrogen) atoms. The third kappa shape index (κ3) is 6.83. The van der Waals surface area contributed by atoms with Crippen molar-refractivity contribution >= 4 is 71.9 Å². The molecule has 8 nitrogen and oxygen atoms in total. The molecule has 3 aromatic rings. The first kappa shape index (κ1) is 29.4. The minimum Gasteiger partial charge on any atom is -0.571 e. The number of piperidine rings is 1. The fourth-order valence-corrected chi connectivity index (χ4v) is 7.70. The quantitative estimate of drug-likeness (QED) is 0.422. The Labute approximate surface area is 246 Å². The summed E-state index contributed by atoms with van der Waals surface area (Å²) in [6.45, 7) is 0.977. The van der Waals surface area contributed by atoms with Crippen LogP contribution in [0.5, 0.6) is 0 Å². The van der Waals surface area contributed by atoms with Gasteiger partial charge in [0.05, 0.1) is 9.23 Å². The minimum atomic E-state index is -4.10. The van der Waals surface area contributed by atoms with Crippen LogP contribution in [-0.2, 0) is 20.0 Å². The SMILES string of the molecule is O=C(Nc1ccc(S(=O)(=O)N2CCCCC2)cc1)c1cc(Cl)ccc1[N-]S(=O)(=O)c1ccc(Cl)s1.[Na+]. The number of amides is 1. The van der Waals surface area contributed by atoms with Crippen LogP contribution in [0.25, 0.3) is 4.72 Å². The van der Waals surface area contributed by atoms with Crippen molar-refractivity contribution in [2.45, 2.75) is 28.4 Å². The van der Waals surface area contributed by atoms with Crippen LogP contribution < -0.4 is 34.9 Å². The van der Waals surface area contributed by atoms with Gasteiger partial charge in [-0.15, -0.1) is 17.0 Å². The number of benzene rings is 2. The van der Waals surface area contributed by atoms with Crippen LogP contribution in [-0.4, -0.2) is 40.1 Å². The molecule has 1 aliphatic heterocycles. The van der Waals surface area contributed by atoms with Crippen LogP contribution in [0.1, 0.15) is 29.6 Å². The topological polar surface area (TPSA) is 115 Å². The third-order valence-electron chi connectivity index (χ3n) is 5.29.